The Morgan fingerprint density at radius 2 is 1.95 bits per heavy atom. The van der Waals surface area contributed by atoms with Gasteiger partial charge in [0.2, 0.25) is 0 Å². The van der Waals surface area contributed by atoms with E-state index in [-0.39, 0.29) is 6.42 Å². The number of carboxylic acids is 1. The van der Waals surface area contributed by atoms with E-state index >= 15 is 0 Å². The molecule has 0 aliphatic carbocycles. The minimum atomic E-state index is -0.829. The molecule has 3 N–H and O–H groups in total. The number of aryl methyl sites for hydroxylation is 1. The van der Waals surface area contributed by atoms with Gasteiger partial charge in [-0.25, -0.2) is 4.68 Å². The highest BCUT2D eigenvalue weighted by Gasteiger charge is 2.11. The quantitative estimate of drug-likeness (QED) is 0.873. The molecule has 0 amide bonds. The summed E-state index contributed by atoms with van der Waals surface area (Å²) in [4.78, 5) is 10.6. The fourth-order valence-electron chi connectivity index (χ4n) is 2.15. The molecule has 1 aromatic heterocycles. The minimum absolute atomic E-state index is 0.0332. The average molecular weight is 259 g/mol. The van der Waals surface area contributed by atoms with Crippen LogP contribution in [0.25, 0.3) is 5.69 Å². The van der Waals surface area contributed by atoms with Crippen LogP contribution in [0.1, 0.15) is 22.5 Å². The summed E-state index contributed by atoms with van der Waals surface area (Å²) in [6.07, 6.45) is 0.0332. The monoisotopic (exact) mass is 259 g/mol. The molecule has 0 saturated carbocycles. The van der Waals surface area contributed by atoms with Crippen molar-refractivity contribution in [3.63, 3.8) is 0 Å². The van der Waals surface area contributed by atoms with Crippen molar-refractivity contribution in [2.75, 3.05) is 0 Å². The number of benzene rings is 1. The number of nitrogens with two attached hydrogens (primary N) is 1. The van der Waals surface area contributed by atoms with Crippen LogP contribution < -0.4 is 5.73 Å². The highest BCUT2D eigenvalue weighted by Crippen LogP contribution is 2.18. The summed E-state index contributed by atoms with van der Waals surface area (Å²) in [5, 5.41) is 13.2. The molecule has 0 atom stereocenters. The van der Waals surface area contributed by atoms with Gasteiger partial charge in [0.15, 0.2) is 0 Å². The van der Waals surface area contributed by atoms with Crippen LogP contribution in [0.5, 0.6) is 0 Å². The standard InChI is InChI=1S/C14H17N3O2/c1-9-13(8-15)10(2)17(16-9)12-5-3-11(4-6-12)7-14(18)19/h3-6H,7-8,15H2,1-2H3,(H,18,19). The lowest BCUT2D eigenvalue weighted by Crippen LogP contribution is -2.03. The van der Waals surface area contributed by atoms with Crippen LogP contribution in [-0.2, 0) is 17.8 Å². The summed E-state index contributed by atoms with van der Waals surface area (Å²) >= 11 is 0. The Labute approximate surface area is 111 Å². The normalized spacial score (nSPS) is 10.7. The van der Waals surface area contributed by atoms with Gasteiger partial charge in [0.25, 0.3) is 0 Å². The third-order valence-corrected chi connectivity index (χ3v) is 3.18. The first-order valence-electron chi connectivity index (χ1n) is 6.09. The fraction of sp³-hybridized carbons (Fsp3) is 0.286. The van der Waals surface area contributed by atoms with Crippen LogP contribution >= 0.6 is 0 Å². The Morgan fingerprint density at radius 3 is 2.42 bits per heavy atom. The van der Waals surface area contributed by atoms with E-state index < -0.39 is 5.97 Å². The molecule has 0 radical (unpaired) electrons. The second-order valence-corrected chi connectivity index (χ2v) is 4.50. The number of aliphatic carboxylic acids is 1. The second-order valence-electron chi connectivity index (χ2n) is 4.50. The van der Waals surface area contributed by atoms with Gasteiger partial charge in [0, 0.05) is 17.8 Å². The summed E-state index contributed by atoms with van der Waals surface area (Å²) < 4.78 is 1.84. The first kappa shape index (κ1) is 13.3. The third-order valence-electron chi connectivity index (χ3n) is 3.18. The number of rotatable bonds is 4. The molecule has 0 bridgehead atoms. The summed E-state index contributed by atoms with van der Waals surface area (Å²) in [6, 6.07) is 7.36. The van der Waals surface area contributed by atoms with Gasteiger partial charge >= 0.3 is 5.97 Å². The van der Waals surface area contributed by atoms with Gasteiger partial charge in [-0.15, -0.1) is 0 Å². The van der Waals surface area contributed by atoms with E-state index in [2.05, 4.69) is 5.10 Å². The highest BCUT2D eigenvalue weighted by atomic mass is 16.4. The maximum absolute atomic E-state index is 10.6. The van der Waals surface area contributed by atoms with Crippen LogP contribution in [0.15, 0.2) is 24.3 Å². The first-order valence-corrected chi connectivity index (χ1v) is 6.09. The smallest absolute Gasteiger partial charge is 0.307 e. The predicted molar refractivity (Wildman–Crippen MR) is 72.3 cm³/mol. The van der Waals surface area contributed by atoms with E-state index in [1.54, 1.807) is 0 Å². The van der Waals surface area contributed by atoms with Crippen molar-refractivity contribution >= 4 is 5.97 Å². The van der Waals surface area contributed by atoms with Crippen LogP contribution in [-0.4, -0.2) is 20.9 Å². The molecule has 19 heavy (non-hydrogen) atoms. The molecule has 0 aliphatic rings. The molecule has 5 heteroatoms. The number of carboxylic acid groups (broad SMARTS) is 1. The third kappa shape index (κ3) is 2.66. The summed E-state index contributed by atoms with van der Waals surface area (Å²) in [5.74, 6) is -0.829. The molecular weight excluding hydrogens is 242 g/mol. The number of hydrogen-bond acceptors (Lipinski definition) is 3. The zero-order valence-corrected chi connectivity index (χ0v) is 11.1. The van der Waals surface area contributed by atoms with Crippen LogP contribution in [0.2, 0.25) is 0 Å². The van der Waals surface area contributed by atoms with Gasteiger partial charge in [0.1, 0.15) is 0 Å². The Kier molecular flexibility index (Phi) is 3.66. The molecule has 0 spiro atoms. The van der Waals surface area contributed by atoms with E-state index in [1.807, 2.05) is 42.8 Å². The van der Waals surface area contributed by atoms with Crippen molar-refractivity contribution in [1.82, 2.24) is 9.78 Å². The molecule has 100 valence electrons. The summed E-state index contributed by atoms with van der Waals surface area (Å²) in [7, 11) is 0. The topological polar surface area (TPSA) is 81.1 Å². The maximum atomic E-state index is 10.6. The Balaban J connectivity index is 2.35. The number of aromatic nitrogens is 2. The first-order chi connectivity index (χ1) is 9.02. The predicted octanol–water partition coefficient (Wildman–Crippen LogP) is 1.57. The molecule has 1 aromatic carbocycles. The Morgan fingerprint density at radius 1 is 1.32 bits per heavy atom. The number of hydrogen-bond donors (Lipinski definition) is 2. The van der Waals surface area contributed by atoms with E-state index in [1.165, 1.54) is 0 Å². The molecule has 0 unspecified atom stereocenters. The van der Waals surface area contributed by atoms with Crippen molar-refractivity contribution in [2.24, 2.45) is 5.73 Å². The van der Waals surface area contributed by atoms with Gasteiger partial charge < -0.3 is 10.8 Å². The van der Waals surface area contributed by atoms with E-state index in [0.29, 0.717) is 6.54 Å². The lowest BCUT2D eigenvalue weighted by Gasteiger charge is -2.06. The maximum Gasteiger partial charge on any atom is 0.307 e. The average Bonchev–Trinajstić information content (AvgIpc) is 2.64. The number of nitrogens with zero attached hydrogens (tertiary/aromatic N) is 2. The summed E-state index contributed by atoms with van der Waals surface area (Å²) in [5.41, 5.74) is 10.4. The van der Waals surface area contributed by atoms with Crippen LogP contribution in [0.4, 0.5) is 0 Å². The molecule has 0 aliphatic heterocycles. The highest BCUT2D eigenvalue weighted by molar-refractivity contribution is 5.70. The van der Waals surface area contributed by atoms with Gasteiger partial charge in [0.05, 0.1) is 17.8 Å². The van der Waals surface area contributed by atoms with Crippen molar-refractivity contribution in [3.05, 3.63) is 46.8 Å². The molecule has 2 aromatic rings. The van der Waals surface area contributed by atoms with Crippen molar-refractivity contribution in [3.8, 4) is 5.69 Å². The Bertz CT molecular complexity index is 600. The SMILES string of the molecule is Cc1nn(-c2ccc(CC(=O)O)cc2)c(C)c1CN. The molecule has 0 fully saturated rings. The van der Waals surface area contributed by atoms with E-state index in [4.69, 9.17) is 10.8 Å². The molecule has 2 rings (SSSR count). The van der Waals surface area contributed by atoms with Gasteiger partial charge in [-0.1, -0.05) is 12.1 Å². The van der Waals surface area contributed by atoms with Crippen molar-refractivity contribution < 1.29 is 9.90 Å². The van der Waals surface area contributed by atoms with Crippen molar-refractivity contribution in [1.29, 1.82) is 0 Å². The molecule has 0 saturated heterocycles. The molecular formula is C14H17N3O2. The lowest BCUT2D eigenvalue weighted by atomic mass is 10.1. The van der Waals surface area contributed by atoms with Gasteiger partial charge in [-0.2, -0.15) is 5.10 Å². The van der Waals surface area contributed by atoms with Crippen LogP contribution in [0, 0.1) is 13.8 Å². The Hall–Kier alpha value is -2.14. The largest absolute Gasteiger partial charge is 0.481 e. The molecule has 1 heterocycles. The van der Waals surface area contributed by atoms with E-state index in [0.717, 1.165) is 28.2 Å². The lowest BCUT2D eigenvalue weighted by molar-refractivity contribution is -0.136. The summed E-state index contributed by atoms with van der Waals surface area (Å²) in [6.45, 7) is 4.38. The van der Waals surface area contributed by atoms with Gasteiger partial charge in [-0.05, 0) is 31.5 Å². The minimum Gasteiger partial charge on any atom is -0.481 e. The number of carbonyl (C=O) groups is 1. The zero-order valence-electron chi connectivity index (χ0n) is 11.1. The van der Waals surface area contributed by atoms with E-state index in [9.17, 15) is 4.79 Å². The van der Waals surface area contributed by atoms with Crippen molar-refractivity contribution in [2.45, 2.75) is 26.8 Å². The van der Waals surface area contributed by atoms with Crippen LogP contribution in [0.3, 0.4) is 0 Å². The fourth-order valence-corrected chi connectivity index (χ4v) is 2.15. The van der Waals surface area contributed by atoms with Gasteiger partial charge in [-0.3, -0.25) is 4.79 Å². The molecule has 5 nitrogen and oxygen atoms in total. The second kappa shape index (κ2) is 5.24. The zero-order chi connectivity index (χ0) is 14.0.